The van der Waals surface area contributed by atoms with Crippen LogP contribution in [0.2, 0.25) is 0 Å². The van der Waals surface area contributed by atoms with E-state index < -0.39 is 28.5 Å². The van der Waals surface area contributed by atoms with Crippen LogP contribution in [0.3, 0.4) is 0 Å². The van der Waals surface area contributed by atoms with Gasteiger partial charge in [-0.15, -0.1) is 0 Å². The molecule has 0 unspecified atom stereocenters. The maximum Gasteiger partial charge on any atom is 0.331 e. The number of amides is 1. The van der Waals surface area contributed by atoms with Crippen LogP contribution in [-0.2, 0) is 30.9 Å². The number of aromatic nitrogens is 2. The largest absolute Gasteiger partial charge is 0.452 e. The summed E-state index contributed by atoms with van der Waals surface area (Å²) < 4.78 is 30.1. The number of hydrogen-bond acceptors (Lipinski definition) is 6. The second-order valence-electron chi connectivity index (χ2n) is 8.24. The monoisotopic (exact) mass is 496 g/mol. The minimum Gasteiger partial charge on any atom is -0.452 e. The lowest BCUT2D eigenvalue weighted by Crippen LogP contribution is -2.21. The zero-order chi connectivity index (χ0) is 25.8. The van der Waals surface area contributed by atoms with E-state index in [4.69, 9.17) is 9.88 Å². The summed E-state index contributed by atoms with van der Waals surface area (Å²) in [6.07, 6.45) is 2.85. The Labute approximate surface area is 204 Å². The van der Waals surface area contributed by atoms with Gasteiger partial charge in [-0.2, -0.15) is 5.10 Å². The van der Waals surface area contributed by atoms with Crippen LogP contribution < -0.4 is 10.5 Å². The Morgan fingerprint density at radius 2 is 1.77 bits per heavy atom. The molecule has 1 heterocycles. The quantitative estimate of drug-likeness (QED) is 0.364. The molecule has 3 N–H and O–H groups in total. The molecular weight excluding hydrogens is 468 g/mol. The molecule has 1 aromatic heterocycles. The Morgan fingerprint density at radius 1 is 1.09 bits per heavy atom. The van der Waals surface area contributed by atoms with Gasteiger partial charge in [0, 0.05) is 23.0 Å². The number of benzene rings is 2. The van der Waals surface area contributed by atoms with Crippen molar-refractivity contribution >= 4 is 33.7 Å². The maximum absolute atomic E-state index is 12.1. The molecule has 0 spiro atoms. The van der Waals surface area contributed by atoms with Gasteiger partial charge in [-0.3, -0.25) is 9.48 Å². The van der Waals surface area contributed by atoms with Gasteiger partial charge < -0.3 is 10.1 Å². The summed E-state index contributed by atoms with van der Waals surface area (Å²) in [6.45, 7) is 7.48. The highest BCUT2D eigenvalue weighted by Gasteiger charge is 2.14. The number of aryl methyl sites for hydroxylation is 3. The lowest BCUT2D eigenvalue weighted by atomic mass is 10.1. The van der Waals surface area contributed by atoms with Crippen LogP contribution in [0.1, 0.15) is 33.6 Å². The zero-order valence-electron chi connectivity index (χ0n) is 20.0. The minimum atomic E-state index is -3.93. The Morgan fingerprint density at radius 3 is 2.43 bits per heavy atom. The van der Waals surface area contributed by atoms with Gasteiger partial charge in [0.2, 0.25) is 10.0 Å². The molecule has 0 aliphatic carbocycles. The summed E-state index contributed by atoms with van der Waals surface area (Å²) in [5.41, 5.74) is 5.44. The van der Waals surface area contributed by atoms with Gasteiger partial charge in [0.15, 0.2) is 6.61 Å². The summed E-state index contributed by atoms with van der Waals surface area (Å²) in [7, 11) is -3.93. The van der Waals surface area contributed by atoms with Gasteiger partial charge in [-0.25, -0.2) is 18.4 Å². The smallest absolute Gasteiger partial charge is 0.331 e. The number of esters is 1. The van der Waals surface area contributed by atoms with Gasteiger partial charge >= 0.3 is 5.97 Å². The van der Waals surface area contributed by atoms with Crippen molar-refractivity contribution in [2.24, 2.45) is 5.14 Å². The van der Waals surface area contributed by atoms with Crippen LogP contribution in [0.5, 0.6) is 0 Å². The van der Waals surface area contributed by atoms with Gasteiger partial charge in [-0.1, -0.05) is 35.9 Å². The predicted molar refractivity (Wildman–Crippen MR) is 133 cm³/mol. The molecule has 1 amide bonds. The molecular formula is C25H28N4O5S. The van der Waals surface area contributed by atoms with Gasteiger partial charge in [0.05, 0.1) is 17.1 Å². The van der Waals surface area contributed by atoms with E-state index in [2.05, 4.69) is 22.5 Å². The fraction of sp³-hybridized carbons (Fsp3) is 0.240. The third-order valence-electron chi connectivity index (χ3n) is 5.40. The third-order valence-corrected chi connectivity index (χ3v) is 6.45. The minimum absolute atomic E-state index is 0.0936. The molecule has 0 aliphatic heterocycles. The number of ether oxygens (including phenoxy) is 1. The lowest BCUT2D eigenvalue weighted by Gasteiger charge is -2.09. The first-order valence-electron chi connectivity index (χ1n) is 10.8. The fourth-order valence-electron chi connectivity index (χ4n) is 3.49. The molecule has 10 heteroatoms. The van der Waals surface area contributed by atoms with Gasteiger partial charge in [-0.05, 0) is 57.0 Å². The summed E-state index contributed by atoms with van der Waals surface area (Å²) in [5.74, 6) is -1.31. The van der Waals surface area contributed by atoms with Crippen molar-refractivity contribution in [3.63, 3.8) is 0 Å². The van der Waals surface area contributed by atoms with E-state index in [1.165, 1.54) is 29.8 Å². The van der Waals surface area contributed by atoms with E-state index in [9.17, 15) is 18.0 Å². The molecule has 2 aromatic carbocycles. The number of nitrogens with two attached hydrogens (primary N) is 1. The van der Waals surface area contributed by atoms with Crippen molar-refractivity contribution in [1.82, 2.24) is 9.78 Å². The van der Waals surface area contributed by atoms with Crippen molar-refractivity contribution in [2.75, 3.05) is 11.9 Å². The van der Waals surface area contributed by atoms with Crippen LogP contribution in [0.4, 0.5) is 5.69 Å². The first kappa shape index (κ1) is 25.9. The van der Waals surface area contributed by atoms with Crippen molar-refractivity contribution in [2.45, 2.75) is 39.1 Å². The molecule has 0 bridgehead atoms. The molecule has 3 aromatic rings. The number of sulfonamides is 1. The highest BCUT2D eigenvalue weighted by Crippen LogP contribution is 2.19. The SMILES string of the molecule is Cc1ccc(Cn2nc(C)c(/C=C/C(=O)OCC(=O)Nc3ccc(C)c(S(N)(=O)=O)c3)c2C)cc1. The summed E-state index contributed by atoms with van der Waals surface area (Å²) in [4.78, 5) is 24.2. The number of anilines is 1. The molecule has 0 saturated carbocycles. The summed E-state index contributed by atoms with van der Waals surface area (Å²) in [6, 6.07) is 12.5. The van der Waals surface area contributed by atoms with E-state index in [-0.39, 0.29) is 10.6 Å². The summed E-state index contributed by atoms with van der Waals surface area (Å²) >= 11 is 0. The van der Waals surface area contributed by atoms with E-state index in [0.29, 0.717) is 12.1 Å². The third kappa shape index (κ3) is 6.87. The molecule has 0 fully saturated rings. The van der Waals surface area contributed by atoms with Crippen LogP contribution in [0.15, 0.2) is 53.4 Å². The van der Waals surface area contributed by atoms with Crippen LogP contribution >= 0.6 is 0 Å². The highest BCUT2D eigenvalue weighted by atomic mass is 32.2. The van der Waals surface area contributed by atoms with E-state index in [0.717, 1.165) is 22.5 Å². The Hall–Kier alpha value is -3.76. The Bertz CT molecular complexity index is 1390. The fourth-order valence-corrected chi connectivity index (χ4v) is 4.30. The molecule has 35 heavy (non-hydrogen) atoms. The lowest BCUT2D eigenvalue weighted by molar-refractivity contribution is -0.142. The number of rotatable bonds is 8. The van der Waals surface area contributed by atoms with E-state index in [1.54, 1.807) is 13.0 Å². The molecule has 0 atom stereocenters. The Balaban J connectivity index is 1.58. The highest BCUT2D eigenvalue weighted by molar-refractivity contribution is 7.89. The Kier molecular flexibility index (Phi) is 7.88. The van der Waals surface area contributed by atoms with Crippen molar-refractivity contribution in [3.8, 4) is 0 Å². The predicted octanol–water partition coefficient (Wildman–Crippen LogP) is 3.01. The summed E-state index contributed by atoms with van der Waals surface area (Å²) in [5, 5.41) is 12.2. The molecule has 0 aliphatic rings. The van der Waals surface area contributed by atoms with Crippen molar-refractivity contribution in [3.05, 3.63) is 82.2 Å². The van der Waals surface area contributed by atoms with Crippen molar-refractivity contribution < 1.29 is 22.7 Å². The molecule has 9 nitrogen and oxygen atoms in total. The molecule has 184 valence electrons. The average molecular weight is 497 g/mol. The van der Waals surface area contributed by atoms with E-state index in [1.807, 2.05) is 37.6 Å². The second-order valence-corrected chi connectivity index (χ2v) is 9.77. The molecule has 0 radical (unpaired) electrons. The first-order valence-corrected chi connectivity index (χ1v) is 12.4. The second kappa shape index (κ2) is 10.7. The van der Waals surface area contributed by atoms with E-state index >= 15 is 0 Å². The number of primary sulfonamides is 1. The number of carbonyl (C=O) groups is 2. The number of nitrogens with one attached hydrogen (secondary N) is 1. The van der Waals surface area contributed by atoms with Gasteiger partial charge in [0.1, 0.15) is 0 Å². The zero-order valence-corrected chi connectivity index (χ0v) is 20.8. The first-order chi connectivity index (χ1) is 16.4. The number of nitrogens with zero attached hydrogens (tertiary/aromatic N) is 2. The molecule has 3 rings (SSSR count). The van der Waals surface area contributed by atoms with Gasteiger partial charge in [0.25, 0.3) is 5.91 Å². The standard InChI is InChI=1S/C25H28N4O5S/c1-16-5-8-20(9-6-16)14-29-19(4)22(18(3)28-29)11-12-25(31)34-15-24(30)27-21-10-7-17(2)23(13-21)35(26,32)33/h5-13H,14-15H2,1-4H3,(H,27,30)(H2,26,32,33)/b12-11+. The number of carbonyl (C=O) groups excluding carboxylic acids is 2. The van der Waals surface area contributed by atoms with Crippen LogP contribution in [-0.4, -0.2) is 36.7 Å². The van der Waals surface area contributed by atoms with Crippen molar-refractivity contribution in [1.29, 1.82) is 0 Å². The molecule has 0 saturated heterocycles. The average Bonchev–Trinajstić information content (AvgIpc) is 3.05. The number of hydrogen-bond donors (Lipinski definition) is 2. The normalized spacial score (nSPS) is 11.6. The van der Waals surface area contributed by atoms with Crippen LogP contribution in [0.25, 0.3) is 6.08 Å². The maximum atomic E-state index is 12.1. The van der Waals surface area contributed by atoms with Crippen LogP contribution in [0, 0.1) is 27.7 Å². The topological polar surface area (TPSA) is 133 Å².